The van der Waals surface area contributed by atoms with Crippen LogP contribution in [-0.4, -0.2) is 27.1 Å². The van der Waals surface area contributed by atoms with Gasteiger partial charge in [-0.05, 0) is 49.1 Å². The molecular formula is C20H25FN2O3S. The number of carbonyl (C=O) groups excluding carboxylic acids is 1. The van der Waals surface area contributed by atoms with Crippen LogP contribution in [0.25, 0.3) is 0 Å². The number of halogens is 1. The molecule has 0 radical (unpaired) electrons. The summed E-state index contributed by atoms with van der Waals surface area (Å²) in [6.45, 7) is 5.46. The van der Waals surface area contributed by atoms with Crippen LogP contribution in [0.5, 0.6) is 0 Å². The average Bonchev–Trinajstić information content (AvgIpc) is 2.60. The Morgan fingerprint density at radius 2 is 1.81 bits per heavy atom. The van der Waals surface area contributed by atoms with Gasteiger partial charge in [-0.25, -0.2) is 12.8 Å². The second-order valence-electron chi connectivity index (χ2n) is 6.59. The molecule has 0 aliphatic rings. The summed E-state index contributed by atoms with van der Waals surface area (Å²) in [7, 11) is -3.82. The molecule has 0 aliphatic carbocycles. The van der Waals surface area contributed by atoms with Gasteiger partial charge in [0.05, 0.1) is 18.0 Å². The van der Waals surface area contributed by atoms with Gasteiger partial charge >= 0.3 is 0 Å². The van der Waals surface area contributed by atoms with E-state index in [4.69, 9.17) is 0 Å². The van der Waals surface area contributed by atoms with E-state index in [1.165, 1.54) is 18.2 Å². The van der Waals surface area contributed by atoms with E-state index in [2.05, 4.69) is 5.32 Å². The number of benzene rings is 2. The molecule has 2 rings (SSSR count). The smallest absolute Gasteiger partial charge is 0.241 e. The third-order valence-corrected chi connectivity index (χ3v) is 5.61. The average molecular weight is 392 g/mol. The van der Waals surface area contributed by atoms with E-state index >= 15 is 0 Å². The quantitative estimate of drug-likeness (QED) is 0.785. The van der Waals surface area contributed by atoms with E-state index < -0.39 is 28.3 Å². The Morgan fingerprint density at radius 1 is 1.15 bits per heavy atom. The first kappa shape index (κ1) is 20.9. The maximum absolute atomic E-state index is 14.1. The highest BCUT2D eigenvalue weighted by Crippen LogP contribution is 2.22. The van der Waals surface area contributed by atoms with Crippen LogP contribution in [0.1, 0.15) is 36.1 Å². The largest absolute Gasteiger partial charge is 0.348 e. The predicted octanol–water partition coefficient (Wildman–Crippen LogP) is 3.48. The number of nitrogens with one attached hydrogen (secondary N) is 1. The van der Waals surface area contributed by atoms with Crippen molar-refractivity contribution in [3.05, 3.63) is 65.0 Å². The first-order valence-corrected chi connectivity index (χ1v) is 10.6. The molecule has 0 fully saturated rings. The van der Waals surface area contributed by atoms with Gasteiger partial charge in [-0.3, -0.25) is 9.10 Å². The van der Waals surface area contributed by atoms with Crippen LogP contribution >= 0.6 is 0 Å². The topological polar surface area (TPSA) is 66.5 Å². The van der Waals surface area contributed by atoms with E-state index in [1.807, 2.05) is 39.0 Å². The Balaban J connectivity index is 2.22. The SMILES string of the molecule is CCC(NC(=O)CN(c1ccccc1F)S(C)(=O)=O)c1ccc(C)c(C)c1. The van der Waals surface area contributed by atoms with Crippen molar-refractivity contribution in [1.29, 1.82) is 0 Å². The maximum atomic E-state index is 14.1. The highest BCUT2D eigenvalue weighted by Gasteiger charge is 2.24. The van der Waals surface area contributed by atoms with Gasteiger partial charge in [0.2, 0.25) is 15.9 Å². The van der Waals surface area contributed by atoms with Gasteiger partial charge in [0.25, 0.3) is 0 Å². The maximum Gasteiger partial charge on any atom is 0.241 e. The van der Waals surface area contributed by atoms with Crippen LogP contribution < -0.4 is 9.62 Å². The lowest BCUT2D eigenvalue weighted by Gasteiger charge is -2.24. The number of sulfonamides is 1. The molecule has 0 aliphatic heterocycles. The van der Waals surface area contributed by atoms with Crippen molar-refractivity contribution in [2.75, 3.05) is 17.1 Å². The van der Waals surface area contributed by atoms with Gasteiger partial charge in [0.1, 0.15) is 12.4 Å². The van der Waals surface area contributed by atoms with Crippen molar-refractivity contribution in [1.82, 2.24) is 5.32 Å². The number of hydrogen-bond donors (Lipinski definition) is 1. The monoisotopic (exact) mass is 392 g/mol. The van der Waals surface area contributed by atoms with Gasteiger partial charge < -0.3 is 5.32 Å². The number of anilines is 1. The zero-order valence-corrected chi connectivity index (χ0v) is 16.8. The van der Waals surface area contributed by atoms with Crippen LogP contribution in [0.4, 0.5) is 10.1 Å². The first-order chi connectivity index (χ1) is 12.6. The van der Waals surface area contributed by atoms with Gasteiger partial charge in [-0.2, -0.15) is 0 Å². The number of amides is 1. The summed E-state index contributed by atoms with van der Waals surface area (Å²) in [6, 6.07) is 11.2. The minimum Gasteiger partial charge on any atom is -0.348 e. The van der Waals surface area contributed by atoms with E-state index in [1.54, 1.807) is 0 Å². The predicted molar refractivity (Wildman–Crippen MR) is 106 cm³/mol. The van der Waals surface area contributed by atoms with Crippen molar-refractivity contribution in [3.8, 4) is 0 Å². The number of rotatable bonds is 7. The Hall–Kier alpha value is -2.41. The summed E-state index contributed by atoms with van der Waals surface area (Å²) >= 11 is 0. The molecule has 0 bridgehead atoms. The summed E-state index contributed by atoms with van der Waals surface area (Å²) in [5, 5.41) is 2.85. The number of aryl methyl sites for hydroxylation is 2. The van der Waals surface area contributed by atoms with E-state index in [9.17, 15) is 17.6 Å². The lowest BCUT2D eigenvalue weighted by Crippen LogP contribution is -2.41. The first-order valence-electron chi connectivity index (χ1n) is 8.72. The molecule has 2 aromatic rings. The highest BCUT2D eigenvalue weighted by atomic mass is 32.2. The summed E-state index contributed by atoms with van der Waals surface area (Å²) in [5.41, 5.74) is 3.08. The third-order valence-electron chi connectivity index (χ3n) is 4.49. The molecule has 7 heteroatoms. The normalized spacial score (nSPS) is 12.5. The van der Waals surface area contributed by atoms with E-state index in [0.717, 1.165) is 33.3 Å². The lowest BCUT2D eigenvalue weighted by atomic mass is 9.99. The fourth-order valence-electron chi connectivity index (χ4n) is 2.81. The molecule has 1 unspecified atom stereocenters. The fourth-order valence-corrected chi connectivity index (χ4v) is 3.67. The number of carbonyl (C=O) groups is 1. The van der Waals surface area contributed by atoms with Crippen molar-refractivity contribution in [3.63, 3.8) is 0 Å². The van der Waals surface area contributed by atoms with Gasteiger partial charge in [-0.1, -0.05) is 37.3 Å². The second kappa shape index (κ2) is 8.52. The second-order valence-corrected chi connectivity index (χ2v) is 8.50. The van der Waals surface area contributed by atoms with Crippen LogP contribution in [0.2, 0.25) is 0 Å². The molecule has 0 heterocycles. The van der Waals surface area contributed by atoms with Crippen LogP contribution in [-0.2, 0) is 14.8 Å². The fraction of sp³-hybridized carbons (Fsp3) is 0.350. The van der Waals surface area contributed by atoms with Crippen molar-refractivity contribution < 1.29 is 17.6 Å². The Morgan fingerprint density at radius 3 is 2.37 bits per heavy atom. The molecule has 0 spiro atoms. The summed E-state index contributed by atoms with van der Waals surface area (Å²) in [6.07, 6.45) is 1.60. The standard InChI is InChI=1S/C20H25FN2O3S/c1-5-18(16-11-10-14(2)15(3)12-16)22-20(24)13-23(27(4,25)26)19-9-7-6-8-17(19)21/h6-12,18H,5,13H2,1-4H3,(H,22,24). The highest BCUT2D eigenvalue weighted by molar-refractivity contribution is 7.92. The van der Waals surface area contributed by atoms with E-state index in [-0.39, 0.29) is 11.7 Å². The molecule has 2 aromatic carbocycles. The molecule has 1 N–H and O–H groups in total. The summed E-state index contributed by atoms with van der Waals surface area (Å²) < 4.78 is 39.1. The minimum absolute atomic E-state index is 0.144. The molecule has 1 amide bonds. The summed E-state index contributed by atoms with van der Waals surface area (Å²) in [4.78, 5) is 12.5. The molecule has 5 nitrogen and oxygen atoms in total. The van der Waals surface area contributed by atoms with Crippen molar-refractivity contribution >= 4 is 21.6 Å². The third kappa shape index (κ3) is 5.29. The molecule has 0 aromatic heterocycles. The zero-order chi connectivity index (χ0) is 20.2. The summed E-state index contributed by atoms with van der Waals surface area (Å²) in [5.74, 6) is -1.19. The van der Waals surface area contributed by atoms with Crippen molar-refractivity contribution in [2.45, 2.75) is 33.2 Å². The lowest BCUT2D eigenvalue weighted by molar-refractivity contribution is -0.120. The van der Waals surface area contributed by atoms with Crippen molar-refractivity contribution in [2.24, 2.45) is 0 Å². The molecule has 27 heavy (non-hydrogen) atoms. The van der Waals surface area contributed by atoms with Crippen LogP contribution in [0.15, 0.2) is 42.5 Å². The Bertz CT molecular complexity index is 929. The number of nitrogens with zero attached hydrogens (tertiary/aromatic N) is 1. The molecule has 0 saturated carbocycles. The molecular weight excluding hydrogens is 367 g/mol. The van der Waals surface area contributed by atoms with Crippen LogP contribution in [0.3, 0.4) is 0 Å². The van der Waals surface area contributed by atoms with E-state index in [0.29, 0.717) is 6.42 Å². The molecule has 146 valence electrons. The zero-order valence-electron chi connectivity index (χ0n) is 16.0. The molecule has 0 saturated heterocycles. The van der Waals surface area contributed by atoms with Gasteiger partial charge in [0.15, 0.2) is 0 Å². The Kier molecular flexibility index (Phi) is 6.59. The van der Waals surface area contributed by atoms with Crippen LogP contribution in [0, 0.1) is 19.7 Å². The Labute approximate surface area is 160 Å². The number of hydrogen-bond acceptors (Lipinski definition) is 3. The van der Waals surface area contributed by atoms with Gasteiger partial charge in [-0.15, -0.1) is 0 Å². The van der Waals surface area contributed by atoms with Gasteiger partial charge in [0, 0.05) is 0 Å². The molecule has 1 atom stereocenters. The number of para-hydroxylation sites is 1. The minimum atomic E-state index is -3.82.